The number of hydrogen-bond donors (Lipinski definition) is 2. The first kappa shape index (κ1) is 21.1. The van der Waals surface area contributed by atoms with Crippen LogP contribution < -0.4 is 21.9 Å². The molecule has 3 rings (SSSR count). The molecule has 2 aromatic heterocycles. The number of nitrogen functional groups attached to an aromatic ring is 1. The maximum atomic E-state index is 13.3. The van der Waals surface area contributed by atoms with Gasteiger partial charge in [-0.25, -0.2) is 4.79 Å². The fourth-order valence-corrected chi connectivity index (χ4v) is 3.08. The third-order valence-corrected chi connectivity index (χ3v) is 4.65. The van der Waals surface area contributed by atoms with E-state index < -0.39 is 17.2 Å². The number of nitrogens with zero attached hydrogens (tertiary/aromatic N) is 2. The number of methoxy groups -OCH3 is 1. The lowest BCUT2D eigenvalue weighted by Gasteiger charge is -2.24. The zero-order valence-corrected chi connectivity index (χ0v) is 16.9. The number of aryl methyl sites for hydroxylation is 1. The highest BCUT2D eigenvalue weighted by Gasteiger charge is 2.27. The van der Waals surface area contributed by atoms with Gasteiger partial charge >= 0.3 is 5.69 Å². The lowest BCUT2D eigenvalue weighted by Crippen LogP contribution is -2.41. The van der Waals surface area contributed by atoms with E-state index in [2.05, 4.69) is 4.98 Å². The molecule has 0 radical (unpaired) electrons. The molecule has 9 nitrogen and oxygen atoms in total. The maximum absolute atomic E-state index is 13.3. The highest BCUT2D eigenvalue weighted by molar-refractivity contribution is 6.05. The van der Waals surface area contributed by atoms with E-state index in [-0.39, 0.29) is 37.0 Å². The number of nitrogens with one attached hydrogen (secondary N) is 1. The summed E-state index contributed by atoms with van der Waals surface area (Å²) < 4.78 is 11.8. The summed E-state index contributed by atoms with van der Waals surface area (Å²) in [6.07, 6.45) is 0.622. The Morgan fingerprint density at radius 3 is 2.57 bits per heavy atom. The van der Waals surface area contributed by atoms with Crippen molar-refractivity contribution < 1.29 is 13.9 Å². The van der Waals surface area contributed by atoms with Gasteiger partial charge in [0.05, 0.1) is 19.7 Å². The van der Waals surface area contributed by atoms with Crippen molar-refractivity contribution in [2.45, 2.75) is 26.4 Å². The molecule has 1 amide bonds. The summed E-state index contributed by atoms with van der Waals surface area (Å²) in [5.74, 6) is 0.0706. The molecular formula is C21H24N4O5. The van der Waals surface area contributed by atoms with Gasteiger partial charge in [0, 0.05) is 13.5 Å². The van der Waals surface area contributed by atoms with Crippen molar-refractivity contribution in [3.05, 3.63) is 80.4 Å². The molecule has 0 saturated carbocycles. The first-order chi connectivity index (χ1) is 14.5. The van der Waals surface area contributed by atoms with Crippen molar-refractivity contribution in [3.8, 4) is 0 Å². The van der Waals surface area contributed by atoms with Crippen LogP contribution in [-0.4, -0.2) is 29.2 Å². The molecule has 0 atom stereocenters. The van der Waals surface area contributed by atoms with Gasteiger partial charge < -0.3 is 14.9 Å². The number of furan rings is 1. The average Bonchev–Trinajstić information content (AvgIpc) is 3.22. The highest BCUT2D eigenvalue weighted by Crippen LogP contribution is 2.23. The van der Waals surface area contributed by atoms with E-state index in [1.807, 2.05) is 37.3 Å². The topological polar surface area (TPSA) is 124 Å². The molecule has 30 heavy (non-hydrogen) atoms. The van der Waals surface area contributed by atoms with Gasteiger partial charge in [-0.05, 0) is 17.7 Å². The Bertz CT molecular complexity index is 1130. The van der Waals surface area contributed by atoms with Crippen LogP contribution in [0.1, 0.15) is 28.8 Å². The van der Waals surface area contributed by atoms with Crippen LogP contribution in [0.15, 0.2) is 56.5 Å². The Hall–Kier alpha value is -3.59. The quantitative estimate of drug-likeness (QED) is 0.581. The average molecular weight is 412 g/mol. The summed E-state index contributed by atoms with van der Waals surface area (Å²) in [5.41, 5.74) is 5.43. The molecule has 0 aliphatic heterocycles. The number of anilines is 2. The lowest BCUT2D eigenvalue weighted by atomic mass is 10.2. The molecule has 0 aliphatic carbocycles. The van der Waals surface area contributed by atoms with Gasteiger partial charge in [-0.3, -0.25) is 24.0 Å². The molecule has 2 heterocycles. The van der Waals surface area contributed by atoms with Gasteiger partial charge in [-0.1, -0.05) is 37.3 Å². The third kappa shape index (κ3) is 4.36. The number of aromatic nitrogens is 2. The molecule has 9 heteroatoms. The number of amides is 1. The summed E-state index contributed by atoms with van der Waals surface area (Å²) in [6, 6.07) is 12.4. The molecule has 0 aliphatic rings. The fraction of sp³-hybridized carbons (Fsp3) is 0.286. The summed E-state index contributed by atoms with van der Waals surface area (Å²) in [6.45, 7) is 2.31. The number of nitrogens with two attached hydrogens (primary N) is 1. The number of H-pyrrole nitrogens is 1. The number of carbonyl (C=O) groups excluding carboxylic acids is 1. The third-order valence-electron chi connectivity index (χ3n) is 4.65. The van der Waals surface area contributed by atoms with Crippen LogP contribution in [0.4, 0.5) is 11.5 Å². The first-order valence-electron chi connectivity index (χ1n) is 9.52. The summed E-state index contributed by atoms with van der Waals surface area (Å²) >= 11 is 0. The molecule has 0 bridgehead atoms. The predicted octanol–water partition coefficient (Wildman–Crippen LogP) is 1.77. The van der Waals surface area contributed by atoms with Crippen molar-refractivity contribution in [3.63, 3.8) is 0 Å². The Kier molecular flexibility index (Phi) is 6.53. The maximum Gasteiger partial charge on any atom is 0.330 e. The molecule has 0 saturated heterocycles. The molecule has 158 valence electrons. The van der Waals surface area contributed by atoms with E-state index >= 15 is 0 Å². The number of hydrogen-bond acceptors (Lipinski definition) is 6. The van der Waals surface area contributed by atoms with Crippen molar-refractivity contribution in [2.24, 2.45) is 0 Å². The van der Waals surface area contributed by atoms with Gasteiger partial charge in [-0.2, -0.15) is 0 Å². The van der Waals surface area contributed by atoms with Crippen LogP contribution in [-0.2, 0) is 24.2 Å². The van der Waals surface area contributed by atoms with Gasteiger partial charge in [0.2, 0.25) is 0 Å². The number of aromatic amines is 1. The van der Waals surface area contributed by atoms with Gasteiger partial charge in [0.25, 0.3) is 11.5 Å². The number of benzene rings is 1. The van der Waals surface area contributed by atoms with Crippen LogP contribution in [0.3, 0.4) is 0 Å². The standard InChI is InChI=1S/C21H24N4O5/c1-3-15-9-10-16(30-15)20(27)25(13-14-7-5-4-6-8-14)17-18(22)24(11-12-29-2)21(28)23-19(17)26/h4-10H,3,11-13,22H2,1-2H3,(H,23,26,28). The fourth-order valence-electron chi connectivity index (χ4n) is 3.08. The van der Waals surface area contributed by atoms with E-state index in [0.29, 0.717) is 12.2 Å². The second kappa shape index (κ2) is 9.27. The Labute approximate surface area is 172 Å². The monoisotopic (exact) mass is 412 g/mol. The van der Waals surface area contributed by atoms with Gasteiger partial charge in [0.15, 0.2) is 11.4 Å². The van der Waals surface area contributed by atoms with E-state index in [0.717, 1.165) is 5.56 Å². The number of carbonyl (C=O) groups is 1. The molecule has 3 N–H and O–H groups in total. The summed E-state index contributed by atoms with van der Waals surface area (Å²) in [4.78, 5) is 41.7. The minimum atomic E-state index is -0.752. The van der Waals surface area contributed by atoms with Crippen LogP contribution in [0.2, 0.25) is 0 Å². The molecule has 0 unspecified atom stereocenters. The Balaban J connectivity index is 2.13. The zero-order chi connectivity index (χ0) is 21.7. The van der Waals surface area contributed by atoms with E-state index in [4.69, 9.17) is 14.9 Å². The number of ether oxygens (including phenoxy) is 1. The molecule has 3 aromatic rings. The minimum absolute atomic E-state index is 0.0671. The molecule has 0 fully saturated rings. The van der Waals surface area contributed by atoms with Gasteiger partial charge in [0.1, 0.15) is 11.6 Å². The van der Waals surface area contributed by atoms with Crippen molar-refractivity contribution in [2.75, 3.05) is 24.4 Å². The molecular weight excluding hydrogens is 388 g/mol. The smallest absolute Gasteiger partial charge is 0.330 e. The minimum Gasteiger partial charge on any atom is -0.456 e. The van der Waals surface area contributed by atoms with E-state index in [1.54, 1.807) is 12.1 Å². The first-order valence-corrected chi connectivity index (χ1v) is 9.52. The van der Waals surface area contributed by atoms with Crippen LogP contribution in [0.5, 0.6) is 0 Å². The molecule has 0 spiro atoms. The molecule has 1 aromatic carbocycles. The van der Waals surface area contributed by atoms with E-state index in [9.17, 15) is 14.4 Å². The second-order valence-electron chi connectivity index (χ2n) is 6.63. The van der Waals surface area contributed by atoms with Crippen LogP contribution in [0.25, 0.3) is 0 Å². The SMILES string of the molecule is CCc1ccc(C(=O)N(Cc2ccccc2)c2c(N)n(CCOC)c(=O)[nH]c2=O)o1. The predicted molar refractivity (Wildman–Crippen MR) is 113 cm³/mol. The van der Waals surface area contributed by atoms with Crippen molar-refractivity contribution in [1.82, 2.24) is 9.55 Å². The Morgan fingerprint density at radius 2 is 1.93 bits per heavy atom. The highest BCUT2D eigenvalue weighted by atomic mass is 16.5. The van der Waals surface area contributed by atoms with Crippen molar-refractivity contribution in [1.29, 1.82) is 0 Å². The van der Waals surface area contributed by atoms with Gasteiger partial charge in [-0.15, -0.1) is 0 Å². The zero-order valence-electron chi connectivity index (χ0n) is 16.9. The second-order valence-corrected chi connectivity index (χ2v) is 6.63. The van der Waals surface area contributed by atoms with Crippen molar-refractivity contribution >= 4 is 17.4 Å². The Morgan fingerprint density at radius 1 is 1.20 bits per heavy atom. The van der Waals surface area contributed by atoms with Crippen LogP contribution in [0, 0.1) is 0 Å². The summed E-state index contributed by atoms with van der Waals surface area (Å²) in [5, 5.41) is 0. The number of rotatable bonds is 8. The van der Waals surface area contributed by atoms with E-state index in [1.165, 1.54) is 16.6 Å². The largest absolute Gasteiger partial charge is 0.456 e. The summed E-state index contributed by atoms with van der Waals surface area (Å²) in [7, 11) is 1.49. The van der Waals surface area contributed by atoms with Crippen LogP contribution >= 0.6 is 0 Å². The normalized spacial score (nSPS) is 10.9. The lowest BCUT2D eigenvalue weighted by molar-refractivity contribution is 0.0956.